The normalized spacial score (nSPS) is 10.5. The number of hydrogen-bond acceptors (Lipinski definition) is 3. The van der Waals surface area contributed by atoms with Gasteiger partial charge in [-0.25, -0.2) is 0 Å². The third-order valence-electron chi connectivity index (χ3n) is 3.01. The molecule has 3 aromatic rings. The van der Waals surface area contributed by atoms with Gasteiger partial charge >= 0.3 is 0 Å². The van der Waals surface area contributed by atoms with Crippen molar-refractivity contribution in [3.8, 4) is 0 Å². The lowest BCUT2D eigenvalue weighted by atomic mass is 10.2. The van der Waals surface area contributed by atoms with Gasteiger partial charge in [0.15, 0.2) is 5.76 Å². The van der Waals surface area contributed by atoms with Crippen LogP contribution in [0, 0.1) is 0 Å². The van der Waals surface area contributed by atoms with E-state index in [0.29, 0.717) is 17.3 Å². The molecule has 21 heavy (non-hydrogen) atoms. The quantitative estimate of drug-likeness (QED) is 0.689. The monoisotopic (exact) mass is 317 g/mol. The van der Waals surface area contributed by atoms with Gasteiger partial charge in [0.1, 0.15) is 0 Å². The summed E-state index contributed by atoms with van der Waals surface area (Å²) in [5.74, 6) is 0.150. The summed E-state index contributed by atoms with van der Waals surface area (Å²) in [6.45, 7) is 0.499. The van der Waals surface area contributed by atoms with Crippen LogP contribution in [0.25, 0.3) is 0 Å². The van der Waals surface area contributed by atoms with Crippen molar-refractivity contribution in [2.45, 2.75) is 6.54 Å². The number of thiophene rings is 1. The van der Waals surface area contributed by atoms with Gasteiger partial charge in [0.25, 0.3) is 5.91 Å². The Balaban J connectivity index is 1.94. The van der Waals surface area contributed by atoms with E-state index in [4.69, 9.17) is 16.0 Å². The number of carbonyl (C=O) groups excluding carboxylic acids is 1. The summed E-state index contributed by atoms with van der Waals surface area (Å²) < 4.78 is 5.23. The van der Waals surface area contributed by atoms with Gasteiger partial charge in [-0.05, 0) is 47.8 Å². The Morgan fingerprint density at radius 1 is 1.14 bits per heavy atom. The number of halogens is 1. The first kappa shape index (κ1) is 13.9. The van der Waals surface area contributed by atoms with Crippen LogP contribution in [0.4, 0.5) is 5.69 Å². The molecule has 3 nitrogen and oxygen atoms in total. The van der Waals surface area contributed by atoms with Crippen molar-refractivity contribution < 1.29 is 9.21 Å². The van der Waals surface area contributed by atoms with Crippen LogP contribution in [0.2, 0.25) is 5.02 Å². The van der Waals surface area contributed by atoms with Crippen LogP contribution in [0.3, 0.4) is 0 Å². The highest BCUT2D eigenvalue weighted by molar-refractivity contribution is 7.09. The highest BCUT2D eigenvalue weighted by Gasteiger charge is 2.20. The summed E-state index contributed by atoms with van der Waals surface area (Å²) in [6, 6.07) is 14.5. The first-order valence-electron chi connectivity index (χ1n) is 6.37. The lowest BCUT2D eigenvalue weighted by molar-refractivity contribution is 0.0958. The number of benzene rings is 1. The first-order valence-corrected chi connectivity index (χ1v) is 7.63. The number of anilines is 1. The number of amides is 1. The largest absolute Gasteiger partial charge is 0.459 e. The van der Waals surface area contributed by atoms with Crippen molar-refractivity contribution in [1.82, 2.24) is 0 Å². The molecule has 0 N–H and O–H groups in total. The summed E-state index contributed by atoms with van der Waals surface area (Å²) in [6.07, 6.45) is 1.50. The minimum atomic E-state index is -0.171. The van der Waals surface area contributed by atoms with Gasteiger partial charge in [0.2, 0.25) is 0 Å². The third-order valence-corrected chi connectivity index (χ3v) is 4.12. The Hall–Kier alpha value is -2.04. The fourth-order valence-corrected chi connectivity index (χ4v) is 2.81. The maximum atomic E-state index is 12.6. The van der Waals surface area contributed by atoms with Gasteiger partial charge in [-0.15, -0.1) is 11.3 Å². The van der Waals surface area contributed by atoms with Crippen molar-refractivity contribution in [3.63, 3.8) is 0 Å². The fraction of sp³-hybridized carbons (Fsp3) is 0.0625. The summed E-state index contributed by atoms with van der Waals surface area (Å²) in [5, 5.41) is 2.63. The molecule has 0 aliphatic heterocycles. The van der Waals surface area contributed by atoms with E-state index in [0.717, 1.165) is 10.6 Å². The molecule has 1 amide bonds. The van der Waals surface area contributed by atoms with Crippen LogP contribution in [-0.2, 0) is 6.54 Å². The number of hydrogen-bond donors (Lipinski definition) is 0. The number of nitrogens with zero attached hydrogens (tertiary/aromatic N) is 1. The first-order chi connectivity index (χ1) is 10.2. The number of rotatable bonds is 4. The van der Waals surface area contributed by atoms with Gasteiger partial charge in [-0.1, -0.05) is 17.7 Å². The van der Waals surface area contributed by atoms with E-state index in [1.165, 1.54) is 6.26 Å². The lowest BCUT2D eigenvalue weighted by Gasteiger charge is -2.21. The number of furan rings is 1. The van der Waals surface area contributed by atoms with Crippen LogP contribution >= 0.6 is 22.9 Å². The topological polar surface area (TPSA) is 33.5 Å². The fourth-order valence-electron chi connectivity index (χ4n) is 1.99. The Kier molecular flexibility index (Phi) is 4.08. The standard InChI is InChI=1S/C16H12ClNO2S/c17-12-5-7-13(8-6-12)18(11-14-3-2-10-21-14)16(19)15-4-1-9-20-15/h1-10H,11H2. The summed E-state index contributed by atoms with van der Waals surface area (Å²) in [5.41, 5.74) is 0.786. The van der Waals surface area contributed by atoms with Gasteiger partial charge < -0.3 is 9.32 Å². The molecule has 3 rings (SSSR count). The van der Waals surface area contributed by atoms with E-state index in [2.05, 4.69) is 0 Å². The molecular formula is C16H12ClNO2S. The molecule has 5 heteroatoms. The van der Waals surface area contributed by atoms with E-state index in [-0.39, 0.29) is 5.91 Å². The smallest absolute Gasteiger partial charge is 0.294 e. The molecule has 2 heterocycles. The van der Waals surface area contributed by atoms with Crippen LogP contribution in [0.1, 0.15) is 15.4 Å². The summed E-state index contributed by atoms with van der Waals surface area (Å²) in [4.78, 5) is 15.4. The van der Waals surface area contributed by atoms with E-state index in [1.54, 1.807) is 40.5 Å². The van der Waals surface area contributed by atoms with Crippen molar-refractivity contribution >= 4 is 34.5 Å². The average molecular weight is 318 g/mol. The van der Waals surface area contributed by atoms with Crippen molar-refractivity contribution in [2.24, 2.45) is 0 Å². The number of carbonyl (C=O) groups is 1. The Morgan fingerprint density at radius 3 is 2.57 bits per heavy atom. The Bertz CT molecular complexity index is 705. The molecule has 0 saturated carbocycles. The molecule has 106 valence electrons. The van der Waals surface area contributed by atoms with Crippen LogP contribution in [-0.4, -0.2) is 5.91 Å². The zero-order valence-electron chi connectivity index (χ0n) is 11.0. The van der Waals surface area contributed by atoms with E-state index >= 15 is 0 Å². The summed E-state index contributed by atoms with van der Waals surface area (Å²) in [7, 11) is 0. The van der Waals surface area contributed by atoms with Gasteiger partial charge in [0, 0.05) is 15.6 Å². The van der Waals surface area contributed by atoms with E-state index < -0.39 is 0 Å². The molecule has 0 atom stereocenters. The zero-order valence-corrected chi connectivity index (χ0v) is 12.6. The second kappa shape index (κ2) is 6.16. The second-order valence-electron chi connectivity index (χ2n) is 4.42. The van der Waals surface area contributed by atoms with E-state index in [9.17, 15) is 4.79 Å². The molecule has 1 aromatic carbocycles. The van der Waals surface area contributed by atoms with Crippen LogP contribution in [0.15, 0.2) is 64.6 Å². The van der Waals surface area contributed by atoms with Crippen LogP contribution in [0.5, 0.6) is 0 Å². The highest BCUT2D eigenvalue weighted by Crippen LogP contribution is 2.24. The molecular weight excluding hydrogens is 306 g/mol. The molecule has 0 aliphatic rings. The molecule has 2 aromatic heterocycles. The van der Waals surface area contributed by atoms with Gasteiger partial charge in [-0.2, -0.15) is 0 Å². The Labute approximate surface area is 131 Å². The molecule has 0 fully saturated rings. The summed E-state index contributed by atoms with van der Waals surface area (Å²) >= 11 is 7.53. The van der Waals surface area contributed by atoms with E-state index in [1.807, 2.05) is 29.6 Å². The van der Waals surface area contributed by atoms with Gasteiger partial charge in [-0.3, -0.25) is 4.79 Å². The average Bonchev–Trinajstić information content (AvgIpc) is 3.18. The van der Waals surface area contributed by atoms with Crippen molar-refractivity contribution in [2.75, 3.05) is 4.90 Å². The predicted molar refractivity (Wildman–Crippen MR) is 85.0 cm³/mol. The second-order valence-corrected chi connectivity index (χ2v) is 5.89. The molecule has 0 unspecified atom stereocenters. The molecule has 0 saturated heterocycles. The third kappa shape index (κ3) is 3.17. The molecule has 0 aliphatic carbocycles. The molecule has 0 bridgehead atoms. The van der Waals surface area contributed by atoms with Crippen molar-refractivity contribution in [3.05, 3.63) is 75.8 Å². The Morgan fingerprint density at radius 2 is 1.95 bits per heavy atom. The SMILES string of the molecule is O=C(c1ccco1)N(Cc1cccs1)c1ccc(Cl)cc1. The van der Waals surface area contributed by atoms with Gasteiger partial charge in [0.05, 0.1) is 12.8 Å². The maximum absolute atomic E-state index is 12.6. The molecule has 0 radical (unpaired) electrons. The van der Waals surface area contributed by atoms with Crippen molar-refractivity contribution in [1.29, 1.82) is 0 Å². The minimum Gasteiger partial charge on any atom is -0.459 e. The maximum Gasteiger partial charge on any atom is 0.294 e. The predicted octanol–water partition coefficient (Wildman–Crippen LogP) is 4.84. The zero-order chi connectivity index (χ0) is 14.7. The van der Waals surface area contributed by atoms with Crippen LogP contribution < -0.4 is 4.90 Å². The lowest BCUT2D eigenvalue weighted by Crippen LogP contribution is -2.29. The molecule has 0 spiro atoms. The minimum absolute atomic E-state index is 0.171. The highest BCUT2D eigenvalue weighted by atomic mass is 35.5.